The molecule has 2 aromatic carbocycles. The normalized spacial score (nSPS) is 20.1. The van der Waals surface area contributed by atoms with Gasteiger partial charge in [-0.15, -0.1) is 13.2 Å². The number of benzene rings is 2. The van der Waals surface area contributed by atoms with E-state index in [0.29, 0.717) is 23.1 Å². The van der Waals surface area contributed by atoms with Gasteiger partial charge in [0.1, 0.15) is 11.8 Å². The molecule has 1 fully saturated rings. The van der Waals surface area contributed by atoms with E-state index in [1.165, 1.54) is 31.2 Å². The molecule has 1 aliphatic carbocycles. The number of ether oxygens (including phenoxy) is 1. The minimum absolute atomic E-state index is 0.0968. The van der Waals surface area contributed by atoms with Gasteiger partial charge in [-0.3, -0.25) is 9.59 Å². The number of anilines is 2. The van der Waals surface area contributed by atoms with Crippen molar-refractivity contribution in [2.75, 3.05) is 5.32 Å². The van der Waals surface area contributed by atoms with E-state index in [4.69, 9.17) is 10.1 Å². The van der Waals surface area contributed by atoms with Gasteiger partial charge in [-0.2, -0.15) is 0 Å². The summed E-state index contributed by atoms with van der Waals surface area (Å²) in [4.78, 5) is 28.5. The number of amides is 1. The highest BCUT2D eigenvalue weighted by Gasteiger charge is 2.35. The molecular formula is C27H31F3N4O4. The molecular weight excluding hydrogens is 501 g/mol. The summed E-state index contributed by atoms with van der Waals surface area (Å²) in [6, 6.07) is 9.48. The van der Waals surface area contributed by atoms with E-state index in [2.05, 4.69) is 40.7 Å². The summed E-state index contributed by atoms with van der Waals surface area (Å²) in [7, 11) is 0. The molecule has 0 unspecified atom stereocenters. The predicted octanol–water partition coefficient (Wildman–Crippen LogP) is 6.27. The molecule has 4 rings (SSSR count). The first-order valence-corrected chi connectivity index (χ1v) is 12.4. The molecule has 1 heterocycles. The van der Waals surface area contributed by atoms with Crippen LogP contribution < -0.4 is 15.4 Å². The van der Waals surface area contributed by atoms with E-state index in [0.717, 1.165) is 24.8 Å². The molecule has 3 atom stereocenters. The zero-order valence-electron chi connectivity index (χ0n) is 21.6. The van der Waals surface area contributed by atoms with Crippen LogP contribution in [0.1, 0.15) is 63.4 Å². The minimum atomic E-state index is -4.78. The SMILES string of the molecule is C[C@H]1C[C@H](n2c(Nc3ccc(OC(F)(F)F)cc3)nc3cc(C(=O)N[C@@H](C)C(=O)O)ccc32)CC(C)(C)C1. The molecule has 1 aliphatic rings. The van der Waals surface area contributed by atoms with Crippen molar-refractivity contribution < 1.29 is 32.6 Å². The molecule has 0 aliphatic heterocycles. The summed E-state index contributed by atoms with van der Waals surface area (Å²) < 4.78 is 43.7. The molecule has 11 heteroatoms. The van der Waals surface area contributed by atoms with Crippen LogP contribution in [0.5, 0.6) is 5.75 Å². The van der Waals surface area contributed by atoms with Crippen molar-refractivity contribution in [1.82, 2.24) is 14.9 Å². The molecule has 3 N–H and O–H groups in total. The molecule has 0 bridgehead atoms. The van der Waals surface area contributed by atoms with Crippen LogP contribution in [0.3, 0.4) is 0 Å². The van der Waals surface area contributed by atoms with Crippen molar-refractivity contribution in [3.05, 3.63) is 48.0 Å². The maximum absolute atomic E-state index is 12.6. The van der Waals surface area contributed by atoms with Crippen LogP contribution in [-0.2, 0) is 4.79 Å². The average molecular weight is 533 g/mol. The van der Waals surface area contributed by atoms with Crippen LogP contribution in [0.15, 0.2) is 42.5 Å². The molecule has 1 saturated carbocycles. The summed E-state index contributed by atoms with van der Waals surface area (Å²) in [5.74, 6) is -1.04. The Morgan fingerprint density at radius 1 is 1.16 bits per heavy atom. The Hall–Kier alpha value is -3.76. The van der Waals surface area contributed by atoms with E-state index in [9.17, 15) is 22.8 Å². The van der Waals surface area contributed by atoms with Crippen LogP contribution in [0, 0.1) is 11.3 Å². The van der Waals surface area contributed by atoms with Gasteiger partial charge in [-0.05, 0) is 80.0 Å². The Labute approximate surface area is 218 Å². The van der Waals surface area contributed by atoms with Crippen molar-refractivity contribution >= 4 is 34.5 Å². The number of rotatable bonds is 7. The van der Waals surface area contributed by atoms with Crippen LogP contribution in [-0.4, -0.2) is 38.9 Å². The summed E-state index contributed by atoms with van der Waals surface area (Å²) in [6.07, 6.45) is -1.88. The molecule has 1 amide bonds. The Morgan fingerprint density at radius 2 is 1.84 bits per heavy atom. The largest absolute Gasteiger partial charge is 0.573 e. The fourth-order valence-electron chi connectivity index (χ4n) is 5.40. The topological polar surface area (TPSA) is 105 Å². The Bertz CT molecular complexity index is 1330. The molecule has 1 aromatic heterocycles. The number of nitrogens with zero attached hydrogens (tertiary/aromatic N) is 2. The number of hydrogen-bond donors (Lipinski definition) is 3. The Balaban J connectivity index is 1.71. The summed E-state index contributed by atoms with van der Waals surface area (Å²) in [5, 5.41) is 14.8. The number of carboxylic acid groups (broad SMARTS) is 1. The molecule has 0 spiro atoms. The smallest absolute Gasteiger partial charge is 0.480 e. The van der Waals surface area contributed by atoms with E-state index >= 15 is 0 Å². The summed E-state index contributed by atoms with van der Waals surface area (Å²) in [5.41, 5.74) is 2.22. The number of aromatic nitrogens is 2. The number of alkyl halides is 3. The van der Waals surface area contributed by atoms with Gasteiger partial charge in [0.05, 0.1) is 11.0 Å². The Kier molecular flexibility index (Phi) is 7.31. The summed E-state index contributed by atoms with van der Waals surface area (Å²) >= 11 is 0. The summed E-state index contributed by atoms with van der Waals surface area (Å²) in [6.45, 7) is 8.05. The van der Waals surface area contributed by atoms with E-state index in [1.807, 2.05) is 0 Å². The highest BCUT2D eigenvalue weighted by molar-refractivity contribution is 5.99. The second-order valence-corrected chi connectivity index (χ2v) is 10.8. The third-order valence-corrected chi connectivity index (χ3v) is 6.74. The predicted molar refractivity (Wildman–Crippen MR) is 137 cm³/mol. The molecule has 3 aromatic rings. The van der Waals surface area contributed by atoms with Gasteiger partial charge in [0.15, 0.2) is 0 Å². The maximum atomic E-state index is 12.6. The highest BCUT2D eigenvalue weighted by atomic mass is 19.4. The number of fused-ring (bicyclic) bond motifs is 1. The van der Waals surface area contributed by atoms with Crippen molar-refractivity contribution in [2.24, 2.45) is 11.3 Å². The molecule has 0 saturated heterocycles. The highest BCUT2D eigenvalue weighted by Crippen LogP contribution is 2.46. The quantitative estimate of drug-likeness (QED) is 0.331. The molecule has 204 valence electrons. The first kappa shape index (κ1) is 27.3. The lowest BCUT2D eigenvalue weighted by Crippen LogP contribution is -2.38. The maximum Gasteiger partial charge on any atom is 0.573 e. The van der Waals surface area contributed by atoms with Gasteiger partial charge in [0, 0.05) is 17.3 Å². The zero-order valence-corrected chi connectivity index (χ0v) is 21.6. The number of carbonyl (C=O) groups excluding carboxylic acids is 1. The minimum Gasteiger partial charge on any atom is -0.480 e. The van der Waals surface area contributed by atoms with E-state index in [1.54, 1.807) is 18.2 Å². The van der Waals surface area contributed by atoms with Crippen LogP contribution in [0.25, 0.3) is 11.0 Å². The van der Waals surface area contributed by atoms with Crippen LogP contribution >= 0.6 is 0 Å². The third kappa shape index (κ3) is 6.38. The lowest BCUT2D eigenvalue weighted by Gasteiger charge is -2.40. The fourth-order valence-corrected chi connectivity index (χ4v) is 5.40. The molecule has 38 heavy (non-hydrogen) atoms. The van der Waals surface area contributed by atoms with Crippen molar-refractivity contribution in [1.29, 1.82) is 0 Å². The first-order valence-electron chi connectivity index (χ1n) is 12.4. The van der Waals surface area contributed by atoms with Gasteiger partial charge in [-0.1, -0.05) is 20.8 Å². The molecule has 0 radical (unpaired) electrons. The fraction of sp³-hybridized carbons (Fsp3) is 0.444. The zero-order chi connectivity index (χ0) is 27.8. The number of carbonyl (C=O) groups is 2. The lowest BCUT2D eigenvalue weighted by atomic mass is 9.70. The van der Waals surface area contributed by atoms with Gasteiger partial charge in [0.2, 0.25) is 5.95 Å². The standard InChI is InChI=1S/C27H31F3N4O4/c1-15-11-19(14-26(3,4)13-15)34-22-10-5-17(23(35)31-16(2)24(36)37)12-21(22)33-25(34)32-18-6-8-20(9-7-18)38-27(28,29)30/h5-10,12,15-16,19H,11,13-14H2,1-4H3,(H,31,35)(H,32,33)(H,36,37)/t15-,16-,19-/m0/s1. The van der Waals surface area contributed by atoms with Crippen LogP contribution in [0.4, 0.5) is 24.8 Å². The van der Waals surface area contributed by atoms with Crippen molar-refractivity contribution in [3.8, 4) is 5.75 Å². The van der Waals surface area contributed by atoms with Crippen molar-refractivity contribution in [3.63, 3.8) is 0 Å². The van der Waals surface area contributed by atoms with Gasteiger partial charge in [-0.25, -0.2) is 4.98 Å². The number of aliphatic carboxylic acids is 1. The van der Waals surface area contributed by atoms with Gasteiger partial charge < -0.3 is 25.0 Å². The lowest BCUT2D eigenvalue weighted by molar-refractivity contribution is -0.274. The second kappa shape index (κ2) is 10.2. The number of halogens is 3. The van der Waals surface area contributed by atoms with Crippen LogP contribution in [0.2, 0.25) is 0 Å². The average Bonchev–Trinajstić information content (AvgIpc) is 3.15. The molecule has 8 nitrogen and oxygen atoms in total. The Morgan fingerprint density at radius 3 is 2.45 bits per heavy atom. The van der Waals surface area contributed by atoms with Crippen molar-refractivity contribution in [2.45, 2.75) is 65.4 Å². The van der Waals surface area contributed by atoms with E-state index in [-0.39, 0.29) is 22.8 Å². The number of imidazole rings is 1. The second-order valence-electron chi connectivity index (χ2n) is 10.8. The van der Waals surface area contributed by atoms with Gasteiger partial charge in [0.25, 0.3) is 5.91 Å². The monoisotopic (exact) mass is 532 g/mol. The van der Waals surface area contributed by atoms with E-state index < -0.39 is 24.3 Å². The van der Waals surface area contributed by atoms with Gasteiger partial charge >= 0.3 is 12.3 Å². The number of carboxylic acids is 1. The third-order valence-electron chi connectivity index (χ3n) is 6.74. The first-order chi connectivity index (χ1) is 17.7. The number of nitrogens with one attached hydrogen (secondary N) is 2. The number of hydrogen-bond acceptors (Lipinski definition) is 5.